The fraction of sp³-hybridized carbons (Fsp3) is 0.417. The molecule has 1 aromatic carbocycles. The summed E-state index contributed by atoms with van der Waals surface area (Å²) in [6, 6.07) is 7.75. The minimum absolute atomic E-state index is 0.0984. The van der Waals surface area contributed by atoms with E-state index in [1.165, 1.54) is 0 Å². The predicted octanol–water partition coefficient (Wildman–Crippen LogP) is 1.03. The van der Waals surface area contributed by atoms with Crippen molar-refractivity contribution in [3.8, 4) is 6.07 Å². The summed E-state index contributed by atoms with van der Waals surface area (Å²) in [4.78, 5) is 10.6. The van der Waals surface area contributed by atoms with Crippen LogP contribution in [0.15, 0.2) is 24.3 Å². The van der Waals surface area contributed by atoms with E-state index in [1.54, 1.807) is 24.3 Å². The molecule has 0 aromatic heterocycles. The smallest absolute Gasteiger partial charge is 0.243 e. The number of aliphatic hydroxyl groups excluding tert-OH is 1. The molecule has 1 aromatic rings. The summed E-state index contributed by atoms with van der Waals surface area (Å²) in [6.07, 6.45) is -0.779. The van der Waals surface area contributed by atoms with Crippen LogP contribution < -0.4 is 0 Å². The molecule has 18 heavy (non-hydrogen) atoms. The van der Waals surface area contributed by atoms with Crippen molar-refractivity contribution in [2.24, 2.45) is 0 Å². The van der Waals surface area contributed by atoms with Crippen LogP contribution in [0, 0.1) is 21.4 Å². The van der Waals surface area contributed by atoms with Crippen molar-refractivity contribution in [3.05, 3.63) is 45.5 Å². The standard InChI is InChI=1S/C12H12N2O4/c13-6-8-1-3-9(4-2-8)10-5-12(15)18-7-11(10)14(16)17/h1-4,10-12,15H,5,7H2/t10-,11+,12-/m0/s1. The molecular formula is C12H12N2O4. The maximum atomic E-state index is 11.0. The van der Waals surface area contributed by atoms with E-state index >= 15 is 0 Å². The summed E-state index contributed by atoms with van der Waals surface area (Å²) < 4.78 is 4.91. The predicted molar refractivity (Wildman–Crippen MR) is 61.3 cm³/mol. The second kappa shape index (κ2) is 5.12. The Kier molecular flexibility index (Phi) is 3.55. The van der Waals surface area contributed by atoms with Crippen LogP contribution in [0.3, 0.4) is 0 Å². The first-order valence-corrected chi connectivity index (χ1v) is 5.55. The Morgan fingerprint density at radius 3 is 2.67 bits per heavy atom. The van der Waals surface area contributed by atoms with Gasteiger partial charge in [-0.15, -0.1) is 0 Å². The molecule has 1 aliphatic heterocycles. The van der Waals surface area contributed by atoms with E-state index in [-0.39, 0.29) is 18.0 Å². The second-order valence-corrected chi connectivity index (χ2v) is 4.22. The lowest BCUT2D eigenvalue weighted by molar-refractivity contribution is -0.538. The van der Waals surface area contributed by atoms with Crippen LogP contribution in [0.4, 0.5) is 0 Å². The van der Waals surface area contributed by atoms with Gasteiger partial charge in [0.15, 0.2) is 6.29 Å². The third-order valence-corrected chi connectivity index (χ3v) is 3.12. The number of benzene rings is 1. The van der Waals surface area contributed by atoms with Gasteiger partial charge in [0.1, 0.15) is 6.61 Å². The van der Waals surface area contributed by atoms with Crippen molar-refractivity contribution >= 4 is 0 Å². The third kappa shape index (κ3) is 2.47. The molecule has 0 saturated carbocycles. The Labute approximate surface area is 104 Å². The van der Waals surface area contributed by atoms with E-state index in [2.05, 4.69) is 0 Å². The van der Waals surface area contributed by atoms with Gasteiger partial charge >= 0.3 is 0 Å². The van der Waals surface area contributed by atoms with Crippen molar-refractivity contribution in [2.75, 3.05) is 6.61 Å². The highest BCUT2D eigenvalue weighted by Crippen LogP contribution is 2.31. The van der Waals surface area contributed by atoms with Crippen molar-refractivity contribution in [2.45, 2.75) is 24.7 Å². The van der Waals surface area contributed by atoms with E-state index in [4.69, 9.17) is 10.00 Å². The van der Waals surface area contributed by atoms with E-state index in [0.29, 0.717) is 5.56 Å². The Balaban J connectivity index is 2.26. The first kappa shape index (κ1) is 12.5. The van der Waals surface area contributed by atoms with Gasteiger partial charge in [0.2, 0.25) is 6.04 Å². The molecule has 1 aliphatic rings. The summed E-state index contributed by atoms with van der Waals surface area (Å²) in [5.41, 5.74) is 1.25. The van der Waals surface area contributed by atoms with Gasteiger partial charge in [-0.05, 0) is 17.7 Å². The van der Waals surface area contributed by atoms with Crippen molar-refractivity contribution in [1.29, 1.82) is 5.26 Å². The largest absolute Gasteiger partial charge is 0.368 e. The zero-order valence-corrected chi connectivity index (χ0v) is 9.52. The van der Waals surface area contributed by atoms with E-state index in [1.807, 2.05) is 6.07 Å². The minimum atomic E-state index is -0.971. The SMILES string of the molecule is N#Cc1ccc([C@@H]2C[C@@H](O)OC[C@H]2[N+](=O)[O-])cc1. The van der Waals surface area contributed by atoms with Gasteiger partial charge in [0.25, 0.3) is 0 Å². The molecule has 0 unspecified atom stereocenters. The Bertz CT molecular complexity index is 480. The molecule has 0 bridgehead atoms. The molecule has 3 atom stereocenters. The number of nitrogens with zero attached hydrogens (tertiary/aromatic N) is 2. The lowest BCUT2D eigenvalue weighted by atomic mass is 9.87. The highest BCUT2D eigenvalue weighted by atomic mass is 16.6. The normalized spacial score (nSPS) is 27.4. The van der Waals surface area contributed by atoms with Crippen molar-refractivity contribution < 1.29 is 14.8 Å². The lowest BCUT2D eigenvalue weighted by Crippen LogP contribution is -2.40. The summed E-state index contributed by atoms with van der Waals surface area (Å²) in [7, 11) is 0. The van der Waals surface area contributed by atoms with Crippen LogP contribution in [0.1, 0.15) is 23.5 Å². The molecule has 0 amide bonds. The number of nitriles is 1. The van der Waals surface area contributed by atoms with Gasteiger partial charge in [-0.3, -0.25) is 10.1 Å². The van der Waals surface area contributed by atoms with Crippen LogP contribution in [0.5, 0.6) is 0 Å². The number of ether oxygens (including phenoxy) is 1. The molecule has 1 N–H and O–H groups in total. The summed E-state index contributed by atoms with van der Waals surface area (Å²) in [5, 5.41) is 29.1. The summed E-state index contributed by atoms with van der Waals surface area (Å²) in [5.74, 6) is -0.392. The molecule has 1 heterocycles. The zero-order valence-electron chi connectivity index (χ0n) is 9.52. The van der Waals surface area contributed by atoms with Crippen LogP contribution in [-0.2, 0) is 4.74 Å². The maximum Gasteiger partial charge on any atom is 0.243 e. The number of hydrogen-bond donors (Lipinski definition) is 1. The van der Waals surface area contributed by atoms with Gasteiger partial charge < -0.3 is 9.84 Å². The Morgan fingerprint density at radius 1 is 1.44 bits per heavy atom. The lowest BCUT2D eigenvalue weighted by Gasteiger charge is -2.29. The van der Waals surface area contributed by atoms with Crippen LogP contribution in [-0.4, -0.2) is 29.0 Å². The monoisotopic (exact) mass is 248 g/mol. The van der Waals surface area contributed by atoms with Crippen LogP contribution in [0.2, 0.25) is 0 Å². The Morgan fingerprint density at radius 2 is 2.11 bits per heavy atom. The minimum Gasteiger partial charge on any atom is -0.368 e. The molecule has 94 valence electrons. The molecule has 6 nitrogen and oxygen atoms in total. The summed E-state index contributed by atoms with van der Waals surface area (Å²) >= 11 is 0. The molecule has 1 fully saturated rings. The fourth-order valence-corrected chi connectivity index (χ4v) is 2.14. The van der Waals surface area contributed by atoms with E-state index in [0.717, 1.165) is 5.56 Å². The first-order chi connectivity index (χ1) is 8.61. The number of aliphatic hydroxyl groups is 1. The van der Waals surface area contributed by atoms with E-state index in [9.17, 15) is 15.2 Å². The van der Waals surface area contributed by atoms with Crippen LogP contribution in [0.25, 0.3) is 0 Å². The molecule has 0 spiro atoms. The highest BCUT2D eigenvalue weighted by Gasteiger charge is 2.39. The van der Waals surface area contributed by atoms with Crippen molar-refractivity contribution in [3.63, 3.8) is 0 Å². The van der Waals surface area contributed by atoms with Gasteiger partial charge in [-0.2, -0.15) is 5.26 Å². The molecular weight excluding hydrogens is 236 g/mol. The van der Waals surface area contributed by atoms with Gasteiger partial charge in [0.05, 0.1) is 17.6 Å². The van der Waals surface area contributed by atoms with Crippen molar-refractivity contribution in [1.82, 2.24) is 0 Å². The van der Waals surface area contributed by atoms with Gasteiger partial charge in [-0.25, -0.2) is 0 Å². The molecule has 1 saturated heterocycles. The fourth-order valence-electron chi connectivity index (χ4n) is 2.14. The third-order valence-electron chi connectivity index (χ3n) is 3.12. The second-order valence-electron chi connectivity index (χ2n) is 4.22. The topological polar surface area (TPSA) is 96.4 Å². The van der Waals surface area contributed by atoms with Gasteiger partial charge in [0, 0.05) is 11.3 Å². The van der Waals surface area contributed by atoms with Crippen LogP contribution >= 0.6 is 0 Å². The highest BCUT2D eigenvalue weighted by molar-refractivity contribution is 5.33. The summed E-state index contributed by atoms with van der Waals surface area (Å²) in [6.45, 7) is -0.0984. The molecule has 2 rings (SSSR count). The molecule has 0 aliphatic carbocycles. The molecule has 0 radical (unpaired) electrons. The number of hydrogen-bond acceptors (Lipinski definition) is 5. The quantitative estimate of drug-likeness (QED) is 0.622. The van der Waals surface area contributed by atoms with E-state index < -0.39 is 18.2 Å². The zero-order chi connectivity index (χ0) is 13.1. The maximum absolute atomic E-state index is 11.0. The average Bonchev–Trinajstić information content (AvgIpc) is 2.38. The number of rotatable bonds is 2. The first-order valence-electron chi connectivity index (χ1n) is 5.55. The van der Waals surface area contributed by atoms with Gasteiger partial charge in [-0.1, -0.05) is 12.1 Å². The molecule has 6 heteroatoms. The number of nitro groups is 1. The average molecular weight is 248 g/mol. The Hall–Kier alpha value is -1.97.